The molecule has 0 spiro atoms. The molecule has 3 saturated heterocycles. The molecule has 3 atom stereocenters. The van der Waals surface area contributed by atoms with Crippen molar-refractivity contribution in [2.24, 2.45) is 22.7 Å². The van der Waals surface area contributed by atoms with Crippen molar-refractivity contribution in [2.45, 2.75) is 83.4 Å². The molecule has 3 unspecified atom stereocenters. The third-order valence-electron chi connectivity index (χ3n) is 9.44. The number of aliphatic imine (C=N–C) groups is 1. The maximum atomic E-state index is 9.11. The smallest absolute Gasteiger partial charge is 0.143 e. The summed E-state index contributed by atoms with van der Waals surface area (Å²) in [6.45, 7) is 8.43. The number of fused-ring (bicyclic) bond motifs is 1. The van der Waals surface area contributed by atoms with Crippen LogP contribution in [0.3, 0.4) is 0 Å². The van der Waals surface area contributed by atoms with Gasteiger partial charge in [-0.25, -0.2) is 9.88 Å². The van der Waals surface area contributed by atoms with E-state index in [1.54, 1.807) is 0 Å². The van der Waals surface area contributed by atoms with Gasteiger partial charge in [-0.3, -0.25) is 10.2 Å². The van der Waals surface area contributed by atoms with Crippen LogP contribution in [0, 0.1) is 17.8 Å². The molecular formula is C29H47N5O2. The average Bonchev–Trinajstić information content (AvgIpc) is 3.45. The summed E-state index contributed by atoms with van der Waals surface area (Å²) in [6.07, 6.45) is 13.3. The van der Waals surface area contributed by atoms with Gasteiger partial charge in [0.25, 0.3) is 0 Å². The summed E-state index contributed by atoms with van der Waals surface area (Å²) in [4.78, 5) is 17.4. The first-order valence-corrected chi connectivity index (χ1v) is 14.6. The maximum absolute atomic E-state index is 9.11. The Morgan fingerprint density at radius 1 is 0.972 bits per heavy atom. The van der Waals surface area contributed by atoms with Crippen LogP contribution in [-0.2, 0) is 4.89 Å². The second-order valence-corrected chi connectivity index (χ2v) is 11.9. The van der Waals surface area contributed by atoms with Crippen LogP contribution in [-0.4, -0.2) is 77.3 Å². The van der Waals surface area contributed by atoms with Crippen molar-refractivity contribution in [3.05, 3.63) is 24.3 Å². The van der Waals surface area contributed by atoms with Crippen LogP contribution in [0.4, 0.5) is 11.4 Å². The highest BCUT2D eigenvalue weighted by Crippen LogP contribution is 2.35. The van der Waals surface area contributed by atoms with Gasteiger partial charge in [0.2, 0.25) is 0 Å². The largest absolute Gasteiger partial charge is 0.397 e. The van der Waals surface area contributed by atoms with Crippen LogP contribution in [0.1, 0.15) is 71.1 Å². The van der Waals surface area contributed by atoms with E-state index in [0.717, 1.165) is 50.0 Å². The number of amidine groups is 1. The van der Waals surface area contributed by atoms with Crippen molar-refractivity contribution in [1.29, 1.82) is 0 Å². The maximum Gasteiger partial charge on any atom is 0.143 e. The second kappa shape index (κ2) is 12.2. The molecule has 4 aliphatic rings. The number of anilines is 1. The number of nitrogens with two attached hydrogens (primary N) is 1. The zero-order valence-electron chi connectivity index (χ0n) is 22.2. The Kier molecular flexibility index (Phi) is 8.83. The number of hydrogen-bond acceptors (Lipinski definition) is 6. The lowest BCUT2D eigenvalue weighted by molar-refractivity contribution is -0.306. The summed E-state index contributed by atoms with van der Waals surface area (Å²) in [6, 6.07) is 8.84. The highest BCUT2D eigenvalue weighted by molar-refractivity contribution is 5.87. The van der Waals surface area contributed by atoms with Crippen LogP contribution in [0.5, 0.6) is 0 Å². The number of nitrogens with zero attached hydrogens (tertiary/aromatic N) is 4. The first kappa shape index (κ1) is 26.0. The Bertz CT molecular complexity index is 849. The number of nitrogen functional groups attached to an aromatic ring is 1. The van der Waals surface area contributed by atoms with Crippen LogP contribution in [0.15, 0.2) is 29.3 Å². The van der Waals surface area contributed by atoms with Crippen LogP contribution in [0.2, 0.25) is 0 Å². The Labute approximate surface area is 217 Å². The van der Waals surface area contributed by atoms with Gasteiger partial charge in [-0.05, 0) is 75.6 Å². The predicted molar refractivity (Wildman–Crippen MR) is 146 cm³/mol. The zero-order chi connectivity index (χ0) is 24.9. The van der Waals surface area contributed by atoms with Crippen molar-refractivity contribution in [3.63, 3.8) is 0 Å². The lowest BCUT2D eigenvalue weighted by atomic mass is 9.89. The van der Waals surface area contributed by atoms with Gasteiger partial charge in [0, 0.05) is 38.6 Å². The Balaban J connectivity index is 1.23. The molecule has 200 valence electrons. The summed E-state index contributed by atoms with van der Waals surface area (Å²) < 4.78 is 0. The van der Waals surface area contributed by atoms with E-state index in [0.29, 0.717) is 17.8 Å². The number of benzene rings is 1. The molecule has 1 aromatic carbocycles. The minimum absolute atomic E-state index is 0.232. The Morgan fingerprint density at radius 3 is 2.25 bits per heavy atom. The molecule has 7 nitrogen and oxygen atoms in total. The summed E-state index contributed by atoms with van der Waals surface area (Å²) >= 11 is 0. The molecule has 0 amide bonds. The van der Waals surface area contributed by atoms with E-state index in [-0.39, 0.29) is 6.23 Å². The third-order valence-corrected chi connectivity index (χ3v) is 9.44. The van der Waals surface area contributed by atoms with E-state index >= 15 is 0 Å². The summed E-state index contributed by atoms with van der Waals surface area (Å²) in [7, 11) is 0. The third kappa shape index (κ3) is 6.24. The van der Waals surface area contributed by atoms with Crippen molar-refractivity contribution in [3.8, 4) is 0 Å². The molecule has 5 rings (SSSR count). The zero-order valence-corrected chi connectivity index (χ0v) is 22.2. The predicted octanol–water partition coefficient (Wildman–Crippen LogP) is 5.21. The van der Waals surface area contributed by atoms with Crippen molar-refractivity contribution in [1.82, 2.24) is 14.7 Å². The molecule has 3 N–H and O–H groups in total. The fraction of sp³-hybridized carbons (Fsp3) is 0.759. The average molecular weight is 498 g/mol. The molecule has 3 heterocycles. The van der Waals surface area contributed by atoms with Gasteiger partial charge < -0.3 is 15.5 Å². The van der Waals surface area contributed by atoms with E-state index in [9.17, 15) is 0 Å². The molecule has 1 aromatic rings. The van der Waals surface area contributed by atoms with Gasteiger partial charge in [0.15, 0.2) is 0 Å². The summed E-state index contributed by atoms with van der Waals surface area (Å²) in [5, 5.41) is 9.11. The van der Waals surface area contributed by atoms with E-state index in [4.69, 9.17) is 16.0 Å². The van der Waals surface area contributed by atoms with E-state index in [1.165, 1.54) is 76.7 Å². The second-order valence-electron chi connectivity index (χ2n) is 11.9. The minimum atomic E-state index is -0.232. The van der Waals surface area contributed by atoms with E-state index in [1.807, 2.05) is 31.2 Å². The monoisotopic (exact) mass is 497 g/mol. The van der Waals surface area contributed by atoms with Crippen molar-refractivity contribution >= 4 is 17.2 Å². The van der Waals surface area contributed by atoms with Gasteiger partial charge in [-0.2, -0.15) is 0 Å². The number of para-hydroxylation sites is 2. The number of likely N-dealkylation sites (tertiary alicyclic amines) is 3. The Hall–Kier alpha value is -1.67. The van der Waals surface area contributed by atoms with Gasteiger partial charge in [0.1, 0.15) is 12.1 Å². The van der Waals surface area contributed by atoms with E-state index in [2.05, 4.69) is 19.6 Å². The van der Waals surface area contributed by atoms with Gasteiger partial charge >= 0.3 is 0 Å². The first-order valence-electron chi connectivity index (χ1n) is 14.6. The molecule has 1 saturated carbocycles. The standard InChI is InChI=1S/C29H47N5O2/c1-22(36-35)33-18-24-20-34(21-25(24)19-33)29(31-28-12-8-7-11-27(28)30)17-23-13-15-32(16-14-23)26-9-5-3-2-4-6-10-26/h7-8,11-12,22-26,35H,2-6,9-10,13-21,30H2,1H3. The number of piperidine rings is 1. The Morgan fingerprint density at radius 2 is 1.61 bits per heavy atom. The van der Waals surface area contributed by atoms with Crippen molar-refractivity contribution < 1.29 is 10.1 Å². The highest BCUT2D eigenvalue weighted by Gasteiger charge is 2.42. The molecule has 4 fully saturated rings. The van der Waals surface area contributed by atoms with Crippen LogP contribution in [0.25, 0.3) is 0 Å². The lowest BCUT2D eigenvalue weighted by Crippen LogP contribution is -2.43. The van der Waals surface area contributed by atoms with Crippen LogP contribution < -0.4 is 5.73 Å². The topological polar surface area (TPSA) is 77.6 Å². The van der Waals surface area contributed by atoms with Gasteiger partial charge in [-0.15, -0.1) is 0 Å². The highest BCUT2D eigenvalue weighted by atomic mass is 17.1. The fourth-order valence-electron chi connectivity index (χ4n) is 7.16. The molecule has 36 heavy (non-hydrogen) atoms. The molecule has 1 aliphatic carbocycles. The normalized spacial score (nSPS) is 28.7. The molecule has 0 bridgehead atoms. The van der Waals surface area contributed by atoms with Gasteiger partial charge in [-0.1, -0.05) is 44.2 Å². The minimum Gasteiger partial charge on any atom is -0.397 e. The van der Waals surface area contributed by atoms with Crippen LogP contribution >= 0.6 is 0 Å². The lowest BCUT2D eigenvalue weighted by Gasteiger charge is -2.39. The van der Waals surface area contributed by atoms with Gasteiger partial charge in [0.05, 0.1) is 11.4 Å². The quantitative estimate of drug-likeness (QED) is 0.185. The summed E-state index contributed by atoms with van der Waals surface area (Å²) in [5.74, 6) is 3.12. The molecular weight excluding hydrogens is 450 g/mol. The fourth-order valence-corrected chi connectivity index (χ4v) is 7.16. The number of rotatable bonds is 6. The molecule has 0 radical (unpaired) electrons. The van der Waals surface area contributed by atoms with Crippen molar-refractivity contribution in [2.75, 3.05) is 45.0 Å². The molecule has 3 aliphatic heterocycles. The molecule has 7 heteroatoms. The first-order chi connectivity index (χ1) is 17.6. The number of hydrogen-bond donors (Lipinski definition) is 2. The molecule has 0 aromatic heterocycles. The SMILES string of the molecule is CC(OO)N1CC2CN(C(CC3CCN(C4CCCCCCC4)CC3)=Nc3ccccc3N)CC2C1. The van der Waals surface area contributed by atoms with E-state index < -0.39 is 0 Å². The summed E-state index contributed by atoms with van der Waals surface area (Å²) in [5.41, 5.74) is 7.97.